The fourth-order valence-corrected chi connectivity index (χ4v) is 1.16. The Morgan fingerprint density at radius 3 is 2.13 bits per heavy atom. The van der Waals surface area contributed by atoms with Crippen LogP contribution >= 0.6 is 0 Å². The largest absolute Gasteiger partial charge is 0.508 e. The van der Waals surface area contributed by atoms with Crippen LogP contribution in [0.3, 0.4) is 0 Å². The van der Waals surface area contributed by atoms with Crippen LogP contribution in [0.15, 0.2) is 24.3 Å². The Bertz CT molecular complexity index is 396. The number of aromatic hydroxyl groups is 1. The van der Waals surface area contributed by atoms with Crippen molar-refractivity contribution < 1.29 is 24.9 Å². The number of phenols is 1. The molecule has 80 valence electrons. The van der Waals surface area contributed by atoms with Gasteiger partial charge >= 0.3 is 11.9 Å². The van der Waals surface area contributed by atoms with Gasteiger partial charge in [-0.25, -0.2) is 0 Å². The zero-order valence-corrected chi connectivity index (χ0v) is 7.97. The highest BCUT2D eigenvalue weighted by atomic mass is 16.4. The van der Waals surface area contributed by atoms with E-state index in [4.69, 9.17) is 15.3 Å². The topological polar surface area (TPSA) is 94.8 Å². The zero-order chi connectivity index (χ0) is 11.6. The fourth-order valence-electron chi connectivity index (χ4n) is 1.16. The lowest BCUT2D eigenvalue weighted by atomic mass is 9.82. The molecule has 0 fully saturated rings. The fraction of sp³-hybridized carbons (Fsp3) is 0.200. The molecule has 1 rings (SSSR count). The second kappa shape index (κ2) is 3.61. The average molecular weight is 210 g/mol. The summed E-state index contributed by atoms with van der Waals surface area (Å²) in [4.78, 5) is 21.8. The highest BCUT2D eigenvalue weighted by Crippen LogP contribution is 2.27. The van der Waals surface area contributed by atoms with Crippen LogP contribution in [0.4, 0.5) is 0 Å². The van der Waals surface area contributed by atoms with E-state index in [0.717, 1.165) is 13.0 Å². The van der Waals surface area contributed by atoms with Gasteiger partial charge in [0.2, 0.25) is 0 Å². The molecule has 0 atom stereocenters. The predicted octanol–water partition coefficient (Wildman–Crippen LogP) is 0.819. The molecular weight excluding hydrogens is 200 g/mol. The van der Waals surface area contributed by atoms with Gasteiger partial charge in [-0.2, -0.15) is 0 Å². The molecule has 0 saturated heterocycles. The van der Waals surface area contributed by atoms with Crippen LogP contribution in [-0.4, -0.2) is 27.3 Å². The third-order valence-corrected chi connectivity index (χ3v) is 2.28. The van der Waals surface area contributed by atoms with E-state index in [2.05, 4.69) is 0 Å². The average Bonchev–Trinajstić information content (AvgIpc) is 2.15. The van der Waals surface area contributed by atoms with E-state index in [0.29, 0.717) is 0 Å². The Hall–Kier alpha value is -2.04. The number of hydrogen-bond acceptors (Lipinski definition) is 3. The number of carbonyl (C=O) groups is 2. The first kappa shape index (κ1) is 11.0. The molecule has 1 aromatic rings. The summed E-state index contributed by atoms with van der Waals surface area (Å²) in [5.74, 6) is -3.11. The lowest BCUT2D eigenvalue weighted by Gasteiger charge is -2.19. The summed E-state index contributed by atoms with van der Waals surface area (Å²) in [5, 5.41) is 26.9. The van der Waals surface area contributed by atoms with Crippen LogP contribution in [0, 0.1) is 0 Å². The number of carboxylic acid groups (broad SMARTS) is 2. The maximum Gasteiger partial charge on any atom is 0.325 e. The Balaban J connectivity index is 3.34. The molecule has 5 nitrogen and oxygen atoms in total. The zero-order valence-electron chi connectivity index (χ0n) is 7.97. The van der Waals surface area contributed by atoms with Crippen molar-refractivity contribution in [3.8, 4) is 5.75 Å². The number of carboxylic acids is 2. The Labute approximate surface area is 85.6 Å². The van der Waals surface area contributed by atoms with E-state index >= 15 is 0 Å². The maximum atomic E-state index is 10.9. The van der Waals surface area contributed by atoms with Crippen molar-refractivity contribution in [2.24, 2.45) is 0 Å². The van der Waals surface area contributed by atoms with Crippen molar-refractivity contribution in [3.05, 3.63) is 29.8 Å². The molecule has 0 aromatic heterocycles. The highest BCUT2D eigenvalue weighted by Gasteiger charge is 2.43. The van der Waals surface area contributed by atoms with E-state index in [1.165, 1.54) is 18.2 Å². The van der Waals surface area contributed by atoms with Crippen molar-refractivity contribution in [2.45, 2.75) is 12.3 Å². The molecule has 0 spiro atoms. The second-order valence-corrected chi connectivity index (χ2v) is 3.29. The van der Waals surface area contributed by atoms with Gasteiger partial charge in [-0.15, -0.1) is 0 Å². The number of rotatable bonds is 3. The van der Waals surface area contributed by atoms with Crippen LogP contribution in [0.5, 0.6) is 5.75 Å². The van der Waals surface area contributed by atoms with Gasteiger partial charge in [0.05, 0.1) is 0 Å². The van der Waals surface area contributed by atoms with Gasteiger partial charge in [-0.1, -0.05) is 12.1 Å². The molecule has 3 N–H and O–H groups in total. The molecule has 0 aliphatic heterocycles. The van der Waals surface area contributed by atoms with Gasteiger partial charge in [0.1, 0.15) is 5.75 Å². The van der Waals surface area contributed by atoms with Crippen LogP contribution in [0.1, 0.15) is 12.5 Å². The summed E-state index contributed by atoms with van der Waals surface area (Å²) in [6, 6.07) is 5.21. The summed E-state index contributed by atoms with van der Waals surface area (Å²) in [7, 11) is 0. The molecule has 0 bridgehead atoms. The molecule has 15 heavy (non-hydrogen) atoms. The number of benzene rings is 1. The second-order valence-electron chi connectivity index (χ2n) is 3.29. The number of phenolic OH excluding ortho intramolecular Hbond substituents is 1. The molecule has 1 aromatic carbocycles. The molecule has 0 radical (unpaired) electrons. The number of aliphatic carboxylic acids is 2. The van der Waals surface area contributed by atoms with Crippen molar-refractivity contribution in [1.82, 2.24) is 0 Å². The summed E-state index contributed by atoms with van der Waals surface area (Å²) < 4.78 is 0. The SMILES string of the molecule is CC(C(=O)O)(C(=O)O)c1cccc(O)c1. The first-order valence-electron chi connectivity index (χ1n) is 4.15. The lowest BCUT2D eigenvalue weighted by molar-refractivity contribution is -0.156. The Morgan fingerprint density at radius 1 is 1.20 bits per heavy atom. The summed E-state index contributed by atoms with van der Waals surface area (Å²) >= 11 is 0. The van der Waals surface area contributed by atoms with Crippen LogP contribution in [0.25, 0.3) is 0 Å². The first-order valence-corrected chi connectivity index (χ1v) is 4.15. The quantitative estimate of drug-likeness (QED) is 0.642. The lowest BCUT2D eigenvalue weighted by Crippen LogP contribution is -2.40. The van der Waals surface area contributed by atoms with E-state index in [1.807, 2.05) is 0 Å². The minimum Gasteiger partial charge on any atom is -0.508 e. The Kier molecular flexibility index (Phi) is 2.65. The van der Waals surface area contributed by atoms with Gasteiger partial charge in [0.15, 0.2) is 5.41 Å². The minimum absolute atomic E-state index is 0.0301. The molecule has 0 heterocycles. The van der Waals surface area contributed by atoms with E-state index in [-0.39, 0.29) is 11.3 Å². The van der Waals surface area contributed by atoms with Crippen LogP contribution in [-0.2, 0) is 15.0 Å². The summed E-state index contributed by atoms with van der Waals surface area (Å²) in [6.45, 7) is 1.08. The van der Waals surface area contributed by atoms with Crippen molar-refractivity contribution in [1.29, 1.82) is 0 Å². The van der Waals surface area contributed by atoms with E-state index in [1.54, 1.807) is 0 Å². The maximum absolute atomic E-state index is 10.9. The van der Waals surface area contributed by atoms with Gasteiger partial charge in [0, 0.05) is 0 Å². The minimum atomic E-state index is -2.04. The van der Waals surface area contributed by atoms with E-state index < -0.39 is 17.4 Å². The highest BCUT2D eigenvalue weighted by molar-refractivity contribution is 6.04. The molecule has 0 unspecified atom stereocenters. The molecule has 0 aliphatic carbocycles. The molecule has 0 saturated carbocycles. The van der Waals surface area contributed by atoms with Gasteiger partial charge in [0.25, 0.3) is 0 Å². The molecule has 0 aliphatic rings. The van der Waals surface area contributed by atoms with Gasteiger partial charge in [-0.3, -0.25) is 9.59 Å². The standard InChI is InChI=1S/C10H10O5/c1-10(8(12)13,9(14)15)6-3-2-4-7(11)5-6/h2-5,11H,1H3,(H,12,13)(H,14,15). The van der Waals surface area contributed by atoms with Crippen LogP contribution in [0.2, 0.25) is 0 Å². The van der Waals surface area contributed by atoms with Gasteiger partial charge in [-0.05, 0) is 24.6 Å². The molecule has 0 amide bonds. The molecule has 5 heteroatoms. The normalized spacial score (nSPS) is 11.0. The molecular formula is C10H10O5. The summed E-state index contributed by atoms with van der Waals surface area (Å²) in [6.07, 6.45) is 0. The Morgan fingerprint density at radius 2 is 1.73 bits per heavy atom. The third kappa shape index (κ3) is 1.76. The van der Waals surface area contributed by atoms with Crippen molar-refractivity contribution in [3.63, 3.8) is 0 Å². The first-order chi connectivity index (χ1) is 6.89. The summed E-state index contributed by atoms with van der Waals surface area (Å²) in [5.41, 5.74) is -2.01. The van der Waals surface area contributed by atoms with Gasteiger partial charge < -0.3 is 15.3 Å². The van der Waals surface area contributed by atoms with Crippen LogP contribution < -0.4 is 0 Å². The van der Waals surface area contributed by atoms with E-state index in [9.17, 15) is 9.59 Å². The predicted molar refractivity (Wildman–Crippen MR) is 50.7 cm³/mol. The third-order valence-electron chi connectivity index (χ3n) is 2.28. The number of hydrogen-bond donors (Lipinski definition) is 3. The van der Waals surface area contributed by atoms with Crippen molar-refractivity contribution in [2.75, 3.05) is 0 Å². The monoisotopic (exact) mass is 210 g/mol. The smallest absolute Gasteiger partial charge is 0.325 e. The van der Waals surface area contributed by atoms with Crippen molar-refractivity contribution >= 4 is 11.9 Å².